The van der Waals surface area contributed by atoms with Crippen LogP contribution < -0.4 is 10.6 Å². The van der Waals surface area contributed by atoms with Crippen molar-refractivity contribution in [2.24, 2.45) is 11.8 Å². The van der Waals surface area contributed by atoms with Crippen LogP contribution in [0.2, 0.25) is 0 Å². The van der Waals surface area contributed by atoms with E-state index in [1.54, 1.807) is 0 Å². The number of β-lactam (4-membered cyclic amide) rings is 1. The molecule has 2 amide bonds. The van der Waals surface area contributed by atoms with Crippen molar-refractivity contribution in [3.05, 3.63) is 0 Å². The van der Waals surface area contributed by atoms with E-state index >= 15 is 0 Å². The van der Waals surface area contributed by atoms with Gasteiger partial charge in [0.15, 0.2) is 0 Å². The zero-order chi connectivity index (χ0) is 20.9. The van der Waals surface area contributed by atoms with E-state index in [9.17, 15) is 14.4 Å². The zero-order valence-electron chi connectivity index (χ0n) is 18.2. The van der Waals surface area contributed by atoms with Gasteiger partial charge in [0.1, 0.15) is 12.1 Å². The van der Waals surface area contributed by atoms with Crippen LogP contribution in [0.25, 0.3) is 0 Å². The number of hydrogen-bond donors (Lipinski definition) is 2. The predicted octanol–water partition coefficient (Wildman–Crippen LogP) is 3.72. The second kappa shape index (κ2) is 13.6. The van der Waals surface area contributed by atoms with Crippen molar-refractivity contribution in [2.45, 2.75) is 110 Å². The van der Waals surface area contributed by atoms with E-state index in [1.807, 2.05) is 13.8 Å². The fourth-order valence-electron chi connectivity index (χ4n) is 3.80. The predicted molar refractivity (Wildman–Crippen MR) is 111 cm³/mol. The number of esters is 1. The second-order valence-electron chi connectivity index (χ2n) is 8.37. The largest absolute Gasteiger partial charge is 0.461 e. The number of unbranched alkanes of at least 4 members (excludes halogenated alkanes) is 5. The number of carbonyl (C=O) groups is 3. The molecule has 0 aromatic heterocycles. The van der Waals surface area contributed by atoms with Crippen LogP contribution in [-0.4, -0.2) is 36.5 Å². The van der Waals surface area contributed by atoms with Gasteiger partial charge < -0.3 is 15.4 Å². The number of ether oxygens (including phenoxy) is 1. The molecule has 2 N–H and O–H groups in total. The Morgan fingerprint density at radius 3 is 2.39 bits per heavy atom. The first-order valence-corrected chi connectivity index (χ1v) is 11.1. The van der Waals surface area contributed by atoms with Gasteiger partial charge in [-0.25, -0.2) is 4.79 Å². The van der Waals surface area contributed by atoms with Gasteiger partial charge in [0.25, 0.3) is 0 Å². The van der Waals surface area contributed by atoms with Gasteiger partial charge in [-0.1, -0.05) is 66.2 Å². The van der Waals surface area contributed by atoms with Crippen LogP contribution in [0.5, 0.6) is 0 Å². The average Bonchev–Trinajstić information content (AvgIpc) is 2.65. The first-order valence-electron chi connectivity index (χ1n) is 11.1. The molecule has 0 radical (unpaired) electrons. The highest BCUT2D eigenvalue weighted by molar-refractivity contribution is 5.85. The summed E-state index contributed by atoms with van der Waals surface area (Å²) in [6.07, 6.45) is 10.5. The lowest BCUT2D eigenvalue weighted by Crippen LogP contribution is -2.59. The lowest BCUT2D eigenvalue weighted by Gasteiger charge is -2.39. The summed E-state index contributed by atoms with van der Waals surface area (Å²) in [5, 5.41) is 5.57. The Balaban J connectivity index is 2.63. The quantitative estimate of drug-likeness (QED) is 0.180. The number of carbonyl (C=O) groups excluding carboxylic acids is 3. The third kappa shape index (κ3) is 8.19. The molecule has 6 heteroatoms. The molecule has 1 rings (SSSR count). The molecule has 1 saturated heterocycles. The summed E-state index contributed by atoms with van der Waals surface area (Å²) < 4.78 is 5.79. The third-order valence-electron chi connectivity index (χ3n) is 5.62. The number of rotatable bonds is 16. The fraction of sp³-hybridized carbons (Fsp3) is 0.864. The molecule has 1 aliphatic heterocycles. The van der Waals surface area contributed by atoms with Gasteiger partial charge in [0.05, 0.1) is 5.92 Å². The van der Waals surface area contributed by atoms with E-state index in [2.05, 4.69) is 24.5 Å². The molecule has 1 heterocycles. The minimum atomic E-state index is -0.632. The van der Waals surface area contributed by atoms with E-state index in [1.165, 1.54) is 12.8 Å². The standard InChI is InChI=1S/C22H40N2O4/c1-5-7-9-11-13-18-19(24-21(18)26)14-17(12-10-8-6-2)28-22(27)20(16(3)4)23-15-25/h15-20H,5-14H2,1-4H3,(H,23,25)(H,24,26)/t17-,18-,19-,20-/m0/s1. The van der Waals surface area contributed by atoms with Crippen molar-refractivity contribution >= 4 is 18.3 Å². The monoisotopic (exact) mass is 396 g/mol. The normalized spacial score (nSPS) is 20.8. The molecule has 28 heavy (non-hydrogen) atoms. The molecule has 1 aliphatic rings. The van der Waals surface area contributed by atoms with Gasteiger partial charge >= 0.3 is 5.97 Å². The van der Waals surface area contributed by atoms with Crippen molar-refractivity contribution in [3.8, 4) is 0 Å². The first kappa shape index (κ1) is 24.4. The lowest BCUT2D eigenvalue weighted by atomic mass is 9.82. The summed E-state index contributed by atoms with van der Waals surface area (Å²) in [5.41, 5.74) is 0. The first-order chi connectivity index (χ1) is 13.4. The topological polar surface area (TPSA) is 84.5 Å². The Kier molecular flexibility index (Phi) is 11.8. The molecule has 4 atom stereocenters. The molecule has 0 aromatic rings. The van der Waals surface area contributed by atoms with Gasteiger partial charge in [0, 0.05) is 12.5 Å². The molecule has 0 saturated carbocycles. The molecule has 0 aliphatic carbocycles. The third-order valence-corrected chi connectivity index (χ3v) is 5.62. The molecule has 6 nitrogen and oxygen atoms in total. The van der Waals surface area contributed by atoms with Crippen LogP contribution in [0.3, 0.4) is 0 Å². The molecule has 0 bridgehead atoms. The minimum Gasteiger partial charge on any atom is -0.461 e. The molecule has 162 valence electrons. The van der Waals surface area contributed by atoms with Crippen LogP contribution >= 0.6 is 0 Å². The van der Waals surface area contributed by atoms with E-state index in [-0.39, 0.29) is 35.9 Å². The van der Waals surface area contributed by atoms with E-state index in [0.29, 0.717) is 12.8 Å². The van der Waals surface area contributed by atoms with Gasteiger partial charge in [0.2, 0.25) is 12.3 Å². The smallest absolute Gasteiger partial charge is 0.329 e. The summed E-state index contributed by atoms with van der Waals surface area (Å²) in [5.74, 6) is -0.251. The summed E-state index contributed by atoms with van der Waals surface area (Å²) in [7, 11) is 0. The highest BCUT2D eigenvalue weighted by Gasteiger charge is 2.40. The highest BCUT2D eigenvalue weighted by atomic mass is 16.5. The highest BCUT2D eigenvalue weighted by Crippen LogP contribution is 2.28. The average molecular weight is 397 g/mol. The second-order valence-corrected chi connectivity index (χ2v) is 8.37. The van der Waals surface area contributed by atoms with Crippen molar-refractivity contribution in [1.82, 2.24) is 10.6 Å². The number of nitrogens with one attached hydrogen (secondary N) is 2. The number of amides is 2. The molecule has 0 aromatic carbocycles. The maximum atomic E-state index is 12.6. The Bertz CT molecular complexity index is 481. The van der Waals surface area contributed by atoms with Gasteiger partial charge in [-0.05, 0) is 25.2 Å². The van der Waals surface area contributed by atoms with Crippen molar-refractivity contribution < 1.29 is 19.1 Å². The van der Waals surface area contributed by atoms with Crippen molar-refractivity contribution in [3.63, 3.8) is 0 Å². The summed E-state index contributed by atoms with van der Waals surface area (Å²) in [6, 6.07) is -0.544. The van der Waals surface area contributed by atoms with Gasteiger partial charge in [-0.15, -0.1) is 0 Å². The van der Waals surface area contributed by atoms with E-state index < -0.39 is 6.04 Å². The molecule has 0 spiro atoms. The van der Waals surface area contributed by atoms with Crippen molar-refractivity contribution in [1.29, 1.82) is 0 Å². The summed E-state index contributed by atoms with van der Waals surface area (Å²) in [4.78, 5) is 35.4. The summed E-state index contributed by atoms with van der Waals surface area (Å²) >= 11 is 0. The van der Waals surface area contributed by atoms with E-state index in [0.717, 1.165) is 44.9 Å². The number of hydrogen-bond acceptors (Lipinski definition) is 4. The van der Waals surface area contributed by atoms with Gasteiger partial charge in [-0.2, -0.15) is 0 Å². The van der Waals surface area contributed by atoms with Gasteiger partial charge in [-0.3, -0.25) is 9.59 Å². The molecule has 1 fully saturated rings. The van der Waals surface area contributed by atoms with Crippen LogP contribution in [0, 0.1) is 11.8 Å². The zero-order valence-corrected chi connectivity index (χ0v) is 18.2. The van der Waals surface area contributed by atoms with Crippen LogP contribution in [0.4, 0.5) is 0 Å². The molecule has 0 unspecified atom stereocenters. The SMILES string of the molecule is CCCCCC[C@@H]1C(=O)N[C@H]1C[C@H](CCCCC)OC(=O)[C@@H](NC=O)C(C)C. The Hall–Kier alpha value is -1.59. The van der Waals surface area contributed by atoms with Crippen LogP contribution in [-0.2, 0) is 19.1 Å². The summed E-state index contributed by atoms with van der Waals surface area (Å²) in [6.45, 7) is 8.08. The maximum Gasteiger partial charge on any atom is 0.329 e. The Morgan fingerprint density at radius 2 is 1.82 bits per heavy atom. The van der Waals surface area contributed by atoms with Crippen LogP contribution in [0.1, 0.15) is 91.9 Å². The fourth-order valence-corrected chi connectivity index (χ4v) is 3.80. The Morgan fingerprint density at radius 1 is 1.14 bits per heavy atom. The Labute approximate surface area is 170 Å². The molecular weight excluding hydrogens is 356 g/mol. The maximum absolute atomic E-state index is 12.6. The van der Waals surface area contributed by atoms with Crippen LogP contribution in [0.15, 0.2) is 0 Å². The lowest BCUT2D eigenvalue weighted by molar-refractivity contribution is -0.155. The molecular formula is C22H40N2O4. The van der Waals surface area contributed by atoms with E-state index in [4.69, 9.17) is 4.74 Å². The van der Waals surface area contributed by atoms with Crippen molar-refractivity contribution in [2.75, 3.05) is 0 Å². The minimum absolute atomic E-state index is 0.0382.